The van der Waals surface area contributed by atoms with Crippen LogP contribution in [0.5, 0.6) is 5.88 Å². The van der Waals surface area contributed by atoms with E-state index in [2.05, 4.69) is 4.98 Å². The molecular weight excluding hydrogens is 606 g/mol. The van der Waals surface area contributed by atoms with Gasteiger partial charge in [0, 0.05) is 50.1 Å². The maximum atomic E-state index is 14.7. The number of carbonyl (C=O) groups is 2. The lowest BCUT2D eigenvalue weighted by Crippen LogP contribution is -2.58. The highest BCUT2D eigenvalue weighted by atomic mass is 35.5. The monoisotopic (exact) mass is 649 g/mol. The second-order valence-corrected chi connectivity index (χ2v) is 13.6. The second kappa shape index (κ2) is 14.4. The van der Waals surface area contributed by atoms with Gasteiger partial charge in [0.25, 0.3) is 0 Å². The molecule has 1 saturated heterocycles. The zero-order valence-electron chi connectivity index (χ0n) is 27.1. The number of hydrogen-bond acceptors (Lipinski definition) is 7. The van der Waals surface area contributed by atoms with Crippen LogP contribution < -0.4 is 4.74 Å². The summed E-state index contributed by atoms with van der Waals surface area (Å²) in [4.78, 5) is 35.6. The van der Waals surface area contributed by atoms with Crippen molar-refractivity contribution in [1.29, 1.82) is 0 Å². The Morgan fingerprint density at radius 2 is 1.85 bits per heavy atom. The van der Waals surface area contributed by atoms with Gasteiger partial charge in [-0.1, -0.05) is 54.1 Å². The standard InChI is InChI=1S/C36H44ClN3O6/c1-35(2,3)46-34(42)39-18-16-36(43,28-14-17-38-32(21-28)45-24-26-8-6-5-7-9-26)30(23-39)33(41)40(29-11-12-29)22-27-20-25(15-19-44-4)10-13-31(27)37/h5-10,13-14,17,20-21,29-30,43H,11-12,15-16,18-19,22-24H2,1-4H3. The highest BCUT2D eigenvalue weighted by Crippen LogP contribution is 2.42. The molecule has 2 amide bonds. The van der Waals surface area contributed by atoms with Crippen LogP contribution in [0.2, 0.25) is 5.02 Å². The van der Waals surface area contributed by atoms with E-state index < -0.39 is 23.2 Å². The molecule has 2 aliphatic rings. The number of pyridine rings is 1. The maximum absolute atomic E-state index is 14.7. The smallest absolute Gasteiger partial charge is 0.410 e. The van der Waals surface area contributed by atoms with E-state index in [1.807, 2.05) is 53.4 Å². The summed E-state index contributed by atoms with van der Waals surface area (Å²) in [5.41, 5.74) is 1.11. The van der Waals surface area contributed by atoms with E-state index in [1.165, 1.54) is 4.90 Å². The summed E-state index contributed by atoms with van der Waals surface area (Å²) >= 11 is 6.65. The first-order chi connectivity index (χ1) is 22.0. The van der Waals surface area contributed by atoms with E-state index in [9.17, 15) is 14.7 Å². The number of amides is 2. The molecule has 1 N–H and O–H groups in total. The van der Waals surface area contributed by atoms with Crippen molar-refractivity contribution < 1.29 is 28.9 Å². The summed E-state index contributed by atoms with van der Waals surface area (Å²) < 4.78 is 16.9. The van der Waals surface area contributed by atoms with Crippen LogP contribution in [0.3, 0.4) is 0 Å². The molecule has 9 nitrogen and oxygen atoms in total. The van der Waals surface area contributed by atoms with E-state index >= 15 is 0 Å². The molecule has 1 aliphatic carbocycles. The minimum Gasteiger partial charge on any atom is -0.473 e. The molecule has 2 fully saturated rings. The van der Waals surface area contributed by atoms with E-state index in [0.29, 0.717) is 36.2 Å². The van der Waals surface area contributed by atoms with Crippen LogP contribution in [0.1, 0.15) is 62.3 Å². The van der Waals surface area contributed by atoms with Crippen LogP contribution in [-0.4, -0.2) is 70.3 Å². The van der Waals surface area contributed by atoms with E-state index in [4.69, 9.17) is 25.8 Å². The fourth-order valence-electron chi connectivity index (χ4n) is 5.83. The Balaban J connectivity index is 1.45. The van der Waals surface area contributed by atoms with Gasteiger partial charge in [-0.2, -0.15) is 0 Å². The molecule has 46 heavy (non-hydrogen) atoms. The lowest BCUT2D eigenvalue weighted by molar-refractivity contribution is -0.155. The first-order valence-electron chi connectivity index (χ1n) is 15.9. The van der Waals surface area contributed by atoms with Crippen LogP contribution in [0.4, 0.5) is 4.79 Å². The van der Waals surface area contributed by atoms with Crippen molar-refractivity contribution in [3.63, 3.8) is 0 Å². The van der Waals surface area contributed by atoms with Crippen molar-refractivity contribution in [2.75, 3.05) is 26.8 Å². The molecule has 3 aromatic rings. The SMILES string of the molecule is COCCc1ccc(Cl)c(CN(C(=O)C2CN(C(=O)OC(C)(C)C)CCC2(O)c2ccnc(OCc3ccccc3)c2)C2CC2)c1. The molecule has 0 spiro atoms. The van der Waals surface area contributed by atoms with Crippen molar-refractivity contribution in [2.45, 2.75) is 76.9 Å². The van der Waals surface area contributed by atoms with Gasteiger partial charge in [0.2, 0.25) is 11.8 Å². The van der Waals surface area contributed by atoms with Crippen LogP contribution in [0, 0.1) is 5.92 Å². The van der Waals surface area contributed by atoms with Gasteiger partial charge in [-0.05, 0) is 80.8 Å². The summed E-state index contributed by atoms with van der Waals surface area (Å²) in [6.07, 6.45) is 3.65. The lowest BCUT2D eigenvalue weighted by atomic mass is 9.75. The molecule has 1 aliphatic heterocycles. The molecule has 5 rings (SSSR count). The van der Waals surface area contributed by atoms with Crippen LogP contribution in [-0.2, 0) is 39.4 Å². The third-order valence-electron chi connectivity index (χ3n) is 8.47. The number of halogens is 1. The molecule has 1 aromatic heterocycles. The van der Waals surface area contributed by atoms with Crippen molar-refractivity contribution in [3.05, 3.63) is 94.1 Å². The van der Waals surface area contributed by atoms with Crippen LogP contribution in [0.25, 0.3) is 0 Å². The first kappa shape index (κ1) is 33.7. The lowest BCUT2D eigenvalue weighted by Gasteiger charge is -2.45. The van der Waals surface area contributed by atoms with Gasteiger partial charge in [0.1, 0.15) is 17.8 Å². The Hall–Kier alpha value is -3.66. The van der Waals surface area contributed by atoms with E-state index in [1.54, 1.807) is 46.2 Å². The number of hydrogen-bond donors (Lipinski definition) is 1. The average Bonchev–Trinajstić information content (AvgIpc) is 3.88. The summed E-state index contributed by atoms with van der Waals surface area (Å²) in [5.74, 6) is -0.858. The Kier molecular flexibility index (Phi) is 10.6. The summed E-state index contributed by atoms with van der Waals surface area (Å²) in [5, 5.41) is 13.1. The van der Waals surface area contributed by atoms with E-state index in [-0.39, 0.29) is 31.5 Å². The zero-order chi connectivity index (χ0) is 32.9. The number of benzene rings is 2. The van der Waals surface area contributed by atoms with Gasteiger partial charge >= 0.3 is 6.09 Å². The number of aliphatic hydroxyl groups is 1. The molecule has 2 atom stereocenters. The number of ether oxygens (including phenoxy) is 3. The second-order valence-electron chi connectivity index (χ2n) is 13.2. The Bertz CT molecular complexity index is 1510. The normalized spacial score (nSPS) is 19.9. The van der Waals surface area contributed by atoms with Crippen molar-refractivity contribution >= 4 is 23.6 Å². The predicted octanol–water partition coefficient (Wildman–Crippen LogP) is 6.14. The predicted molar refractivity (Wildman–Crippen MR) is 175 cm³/mol. The number of likely N-dealkylation sites (tertiary alicyclic amines) is 1. The third-order valence-corrected chi connectivity index (χ3v) is 8.84. The van der Waals surface area contributed by atoms with Gasteiger partial charge in [-0.3, -0.25) is 4.79 Å². The van der Waals surface area contributed by atoms with Crippen molar-refractivity contribution in [2.24, 2.45) is 5.92 Å². The van der Waals surface area contributed by atoms with Gasteiger partial charge in [-0.25, -0.2) is 9.78 Å². The highest BCUT2D eigenvalue weighted by molar-refractivity contribution is 6.31. The number of aromatic nitrogens is 1. The number of methoxy groups -OCH3 is 1. The zero-order valence-corrected chi connectivity index (χ0v) is 27.8. The molecule has 2 aromatic carbocycles. The molecule has 0 radical (unpaired) electrons. The minimum atomic E-state index is -1.58. The fraction of sp³-hybridized carbons (Fsp3) is 0.472. The molecule has 246 valence electrons. The largest absolute Gasteiger partial charge is 0.473 e. The van der Waals surface area contributed by atoms with Crippen LogP contribution in [0.15, 0.2) is 66.9 Å². The van der Waals surface area contributed by atoms with Crippen LogP contribution >= 0.6 is 11.6 Å². The summed E-state index contributed by atoms with van der Waals surface area (Å²) in [7, 11) is 1.66. The maximum Gasteiger partial charge on any atom is 0.410 e. The molecule has 0 bridgehead atoms. The number of piperidine rings is 1. The fourth-order valence-corrected chi connectivity index (χ4v) is 6.01. The van der Waals surface area contributed by atoms with Crippen molar-refractivity contribution in [1.82, 2.24) is 14.8 Å². The highest BCUT2D eigenvalue weighted by Gasteiger charge is 2.51. The topological polar surface area (TPSA) is 101 Å². The summed E-state index contributed by atoms with van der Waals surface area (Å²) in [6.45, 7) is 6.81. The van der Waals surface area contributed by atoms with Gasteiger partial charge in [-0.15, -0.1) is 0 Å². The molecule has 10 heteroatoms. The van der Waals surface area contributed by atoms with Gasteiger partial charge < -0.3 is 29.1 Å². The minimum absolute atomic E-state index is 0.00237. The summed E-state index contributed by atoms with van der Waals surface area (Å²) in [6, 6.07) is 19.0. The van der Waals surface area contributed by atoms with Gasteiger partial charge in [0.05, 0.1) is 12.5 Å². The number of carbonyl (C=O) groups excluding carboxylic acids is 2. The van der Waals surface area contributed by atoms with Gasteiger partial charge in [0.15, 0.2) is 0 Å². The molecule has 2 heterocycles. The number of rotatable bonds is 11. The average molecular weight is 650 g/mol. The van der Waals surface area contributed by atoms with E-state index in [0.717, 1.165) is 36.0 Å². The van der Waals surface area contributed by atoms with Crippen molar-refractivity contribution in [3.8, 4) is 5.88 Å². The quantitative estimate of drug-likeness (QED) is 0.266. The Morgan fingerprint density at radius 3 is 2.54 bits per heavy atom. The number of nitrogens with zero attached hydrogens (tertiary/aromatic N) is 3. The molecule has 1 saturated carbocycles. The Labute approximate surface area is 276 Å². The molecular formula is C36H44ClN3O6. The Morgan fingerprint density at radius 1 is 1.09 bits per heavy atom. The third kappa shape index (κ3) is 8.37. The molecule has 2 unspecified atom stereocenters. The first-order valence-corrected chi connectivity index (χ1v) is 16.2.